The standard InChI is InChI=1S/C24H23FN4O3/c1-24(2,3)19-13-29(23(30)31)9-8-14-10-15(4-6-18(14)19)21-27-22(32-28-21)16-5-7-20(25)17(11-16)12-26/h4-7,10-11,19H,8-9,13H2,1-3H3,(H,30,31). The number of benzene rings is 2. The molecule has 0 bridgehead atoms. The minimum Gasteiger partial charge on any atom is -0.465 e. The number of halogens is 1. The highest BCUT2D eigenvalue weighted by Gasteiger charge is 2.33. The summed E-state index contributed by atoms with van der Waals surface area (Å²) in [5, 5.41) is 22.7. The van der Waals surface area contributed by atoms with Crippen LogP contribution in [0.1, 0.15) is 43.4 Å². The lowest BCUT2D eigenvalue weighted by atomic mass is 9.75. The fourth-order valence-corrected chi connectivity index (χ4v) is 4.08. The van der Waals surface area contributed by atoms with E-state index in [1.165, 1.54) is 23.1 Å². The molecule has 1 aliphatic heterocycles. The molecule has 0 saturated carbocycles. The SMILES string of the molecule is CC(C)(C)C1CN(C(=O)O)CCc2cc(-c3noc(-c4ccc(F)c(C#N)c4)n3)ccc21. The molecule has 32 heavy (non-hydrogen) atoms. The van der Waals surface area contributed by atoms with Gasteiger partial charge in [-0.05, 0) is 47.2 Å². The summed E-state index contributed by atoms with van der Waals surface area (Å²) in [5.41, 5.74) is 3.19. The Morgan fingerprint density at radius 2 is 2.00 bits per heavy atom. The predicted octanol–water partition coefficient (Wildman–Crippen LogP) is 5.08. The molecule has 0 aliphatic carbocycles. The molecular weight excluding hydrogens is 411 g/mol. The van der Waals surface area contributed by atoms with Gasteiger partial charge in [0.1, 0.15) is 11.9 Å². The Balaban J connectivity index is 1.70. The van der Waals surface area contributed by atoms with E-state index in [1.54, 1.807) is 6.07 Å². The second-order valence-electron chi connectivity index (χ2n) is 9.04. The van der Waals surface area contributed by atoms with E-state index in [2.05, 4.69) is 30.9 Å². The van der Waals surface area contributed by atoms with Crippen molar-refractivity contribution in [1.29, 1.82) is 5.26 Å². The summed E-state index contributed by atoms with van der Waals surface area (Å²) in [6.07, 6.45) is -0.317. The molecular formula is C24H23FN4O3. The Morgan fingerprint density at radius 3 is 2.69 bits per heavy atom. The molecule has 1 N–H and O–H groups in total. The zero-order valence-electron chi connectivity index (χ0n) is 18.1. The molecule has 2 heterocycles. The second-order valence-corrected chi connectivity index (χ2v) is 9.04. The van der Waals surface area contributed by atoms with Crippen molar-refractivity contribution in [2.24, 2.45) is 5.41 Å². The molecule has 1 aliphatic rings. The zero-order valence-corrected chi connectivity index (χ0v) is 18.1. The molecule has 164 valence electrons. The molecule has 1 aromatic heterocycles. The third kappa shape index (κ3) is 4.06. The van der Waals surface area contributed by atoms with Gasteiger partial charge in [0.05, 0.1) is 5.56 Å². The molecule has 2 aromatic carbocycles. The van der Waals surface area contributed by atoms with Crippen molar-refractivity contribution >= 4 is 6.09 Å². The van der Waals surface area contributed by atoms with Crippen LogP contribution in [0.15, 0.2) is 40.9 Å². The number of aromatic nitrogens is 2. The van der Waals surface area contributed by atoms with Crippen LogP contribution in [-0.2, 0) is 6.42 Å². The van der Waals surface area contributed by atoms with Gasteiger partial charge < -0.3 is 14.5 Å². The highest BCUT2D eigenvalue weighted by Crippen LogP contribution is 2.40. The molecule has 4 rings (SSSR count). The first-order chi connectivity index (χ1) is 15.2. The van der Waals surface area contributed by atoms with Crippen LogP contribution in [0.5, 0.6) is 0 Å². The average molecular weight is 434 g/mol. The Morgan fingerprint density at radius 1 is 1.25 bits per heavy atom. The number of nitriles is 1. The minimum absolute atomic E-state index is 0.0506. The normalized spacial score (nSPS) is 16.2. The van der Waals surface area contributed by atoms with Gasteiger partial charge in [0.2, 0.25) is 5.82 Å². The van der Waals surface area contributed by atoms with Crippen LogP contribution in [0.3, 0.4) is 0 Å². The first-order valence-electron chi connectivity index (χ1n) is 10.3. The Hall–Kier alpha value is -3.73. The smallest absolute Gasteiger partial charge is 0.407 e. The highest BCUT2D eigenvalue weighted by atomic mass is 19.1. The topological polar surface area (TPSA) is 103 Å². The molecule has 1 amide bonds. The summed E-state index contributed by atoms with van der Waals surface area (Å²) in [6.45, 7) is 7.21. The molecule has 0 saturated heterocycles. The van der Waals surface area contributed by atoms with E-state index >= 15 is 0 Å². The molecule has 0 radical (unpaired) electrons. The molecule has 0 spiro atoms. The van der Waals surface area contributed by atoms with E-state index in [9.17, 15) is 14.3 Å². The Bertz CT molecular complexity index is 1220. The van der Waals surface area contributed by atoms with E-state index in [0.717, 1.165) is 16.7 Å². The van der Waals surface area contributed by atoms with Crippen LogP contribution in [0.25, 0.3) is 22.8 Å². The third-order valence-corrected chi connectivity index (χ3v) is 5.91. The van der Waals surface area contributed by atoms with Crippen molar-refractivity contribution < 1.29 is 18.8 Å². The van der Waals surface area contributed by atoms with Gasteiger partial charge in [-0.1, -0.05) is 38.1 Å². The summed E-state index contributed by atoms with van der Waals surface area (Å²) >= 11 is 0. The van der Waals surface area contributed by atoms with Gasteiger partial charge in [-0.2, -0.15) is 10.2 Å². The lowest BCUT2D eigenvalue weighted by molar-refractivity contribution is 0.135. The number of hydrogen-bond acceptors (Lipinski definition) is 5. The number of nitrogens with zero attached hydrogens (tertiary/aromatic N) is 4. The van der Waals surface area contributed by atoms with Gasteiger partial charge in [-0.25, -0.2) is 9.18 Å². The molecule has 0 fully saturated rings. The van der Waals surface area contributed by atoms with Gasteiger partial charge in [-0.15, -0.1) is 0 Å². The van der Waals surface area contributed by atoms with Crippen molar-refractivity contribution in [3.8, 4) is 28.9 Å². The maximum Gasteiger partial charge on any atom is 0.407 e. The number of rotatable bonds is 2. The van der Waals surface area contributed by atoms with Crippen LogP contribution in [0.4, 0.5) is 9.18 Å². The van der Waals surface area contributed by atoms with Crippen LogP contribution in [0.2, 0.25) is 0 Å². The lowest BCUT2D eigenvalue weighted by Crippen LogP contribution is -2.36. The van der Waals surface area contributed by atoms with Crippen molar-refractivity contribution in [2.45, 2.75) is 33.1 Å². The van der Waals surface area contributed by atoms with E-state index in [4.69, 9.17) is 9.78 Å². The van der Waals surface area contributed by atoms with E-state index < -0.39 is 11.9 Å². The predicted molar refractivity (Wildman–Crippen MR) is 115 cm³/mol. The fourth-order valence-electron chi connectivity index (χ4n) is 4.08. The molecule has 1 unspecified atom stereocenters. The van der Waals surface area contributed by atoms with Crippen molar-refractivity contribution in [3.63, 3.8) is 0 Å². The van der Waals surface area contributed by atoms with Crippen LogP contribution < -0.4 is 0 Å². The minimum atomic E-state index is -0.911. The van der Waals surface area contributed by atoms with Crippen LogP contribution in [0, 0.1) is 22.6 Å². The lowest BCUT2D eigenvalue weighted by Gasteiger charge is -2.33. The Kier molecular flexibility index (Phi) is 5.43. The van der Waals surface area contributed by atoms with E-state index in [0.29, 0.717) is 30.9 Å². The van der Waals surface area contributed by atoms with Crippen LogP contribution in [-0.4, -0.2) is 39.3 Å². The first kappa shape index (κ1) is 21.5. The summed E-state index contributed by atoms with van der Waals surface area (Å²) in [4.78, 5) is 17.6. The van der Waals surface area contributed by atoms with Crippen molar-refractivity contribution in [1.82, 2.24) is 15.0 Å². The van der Waals surface area contributed by atoms with Gasteiger partial charge in [0.25, 0.3) is 5.89 Å². The van der Waals surface area contributed by atoms with Crippen molar-refractivity contribution in [2.75, 3.05) is 13.1 Å². The van der Waals surface area contributed by atoms with E-state index in [-0.39, 0.29) is 22.8 Å². The van der Waals surface area contributed by atoms with Gasteiger partial charge in [0.15, 0.2) is 0 Å². The first-order valence-corrected chi connectivity index (χ1v) is 10.3. The largest absolute Gasteiger partial charge is 0.465 e. The molecule has 1 atom stereocenters. The number of hydrogen-bond donors (Lipinski definition) is 1. The molecule has 8 heteroatoms. The summed E-state index contributed by atoms with van der Waals surface area (Å²) in [6, 6.07) is 11.8. The van der Waals surface area contributed by atoms with Crippen LogP contribution >= 0.6 is 0 Å². The number of carbonyl (C=O) groups is 1. The fraction of sp³-hybridized carbons (Fsp3) is 0.333. The maximum atomic E-state index is 13.6. The second kappa shape index (κ2) is 8.08. The number of amides is 1. The number of fused-ring (bicyclic) bond motifs is 1. The quantitative estimate of drug-likeness (QED) is 0.603. The maximum absolute atomic E-state index is 13.6. The highest BCUT2D eigenvalue weighted by molar-refractivity contribution is 5.66. The summed E-state index contributed by atoms with van der Waals surface area (Å²) in [5.74, 6) is 0.00786. The Labute approximate surface area is 185 Å². The van der Waals surface area contributed by atoms with Gasteiger partial charge >= 0.3 is 6.09 Å². The monoisotopic (exact) mass is 434 g/mol. The average Bonchev–Trinajstić information content (AvgIpc) is 3.14. The van der Waals surface area contributed by atoms with Gasteiger partial charge in [-0.3, -0.25) is 0 Å². The van der Waals surface area contributed by atoms with Gasteiger partial charge in [0, 0.05) is 30.1 Å². The summed E-state index contributed by atoms with van der Waals surface area (Å²) in [7, 11) is 0. The molecule has 3 aromatic rings. The molecule has 7 nitrogen and oxygen atoms in total. The zero-order chi connectivity index (χ0) is 23.0. The summed E-state index contributed by atoms with van der Waals surface area (Å²) < 4.78 is 19.0. The number of carboxylic acid groups (broad SMARTS) is 1. The third-order valence-electron chi connectivity index (χ3n) is 5.91. The van der Waals surface area contributed by atoms with Crippen molar-refractivity contribution in [3.05, 3.63) is 58.9 Å². The van der Waals surface area contributed by atoms with E-state index in [1.807, 2.05) is 18.2 Å².